The fourth-order valence-electron chi connectivity index (χ4n) is 4.19. The van der Waals surface area contributed by atoms with Gasteiger partial charge in [0.2, 0.25) is 5.96 Å². The Bertz CT molecular complexity index is 1490. The Kier molecular flexibility index (Phi) is 6.35. The minimum absolute atomic E-state index is 0.362. The van der Waals surface area contributed by atoms with Crippen molar-refractivity contribution in [3.05, 3.63) is 48.0 Å². The van der Waals surface area contributed by atoms with E-state index in [0.717, 1.165) is 38.8 Å². The zero-order valence-electron chi connectivity index (χ0n) is 22.5. The molecule has 2 aromatic rings. The quantitative estimate of drug-likeness (QED) is 0.242. The number of hydrogen-bond acceptors (Lipinski definition) is 6. The van der Waals surface area contributed by atoms with Gasteiger partial charge >= 0.3 is 12.2 Å². The van der Waals surface area contributed by atoms with Gasteiger partial charge in [0.15, 0.2) is 0 Å². The number of fused-ring (bicyclic) bond motifs is 4. The van der Waals surface area contributed by atoms with E-state index in [1.807, 2.05) is 31.3 Å². The highest BCUT2D eigenvalue weighted by Gasteiger charge is 2.34. The zero-order valence-corrected chi connectivity index (χ0v) is 22.5. The average Bonchev–Trinajstić information content (AvgIpc) is 3.14. The number of nitrogens with zero attached hydrogens (tertiary/aromatic N) is 4. The standard InChI is InChI=1S/C28H33N5O4/c1-16-18-11-9-10-12-21(18)32(8)23-22(16)19-15-17(13-14-20(19)31-23)30-24(29)33(25(34)36-27(2,3)4)26(35)37-28(5,6)7/h9-15H,1-8H3,(H2,29,30). The predicted octanol–water partition coefficient (Wildman–Crippen LogP) is 6.26. The third-order valence-corrected chi connectivity index (χ3v) is 5.69. The summed E-state index contributed by atoms with van der Waals surface area (Å²) < 4.78 is 12.9. The topological polar surface area (TPSA) is 112 Å². The second-order valence-corrected chi connectivity index (χ2v) is 11.0. The first-order valence-corrected chi connectivity index (χ1v) is 12.0. The van der Waals surface area contributed by atoms with Gasteiger partial charge in [0.05, 0.1) is 11.2 Å². The number of carbonyl (C=O) groups is 2. The van der Waals surface area contributed by atoms with Gasteiger partial charge in [-0.3, -0.25) is 0 Å². The first-order valence-electron chi connectivity index (χ1n) is 12.0. The van der Waals surface area contributed by atoms with E-state index in [-0.39, 0.29) is 5.96 Å². The number of rotatable bonds is 1. The summed E-state index contributed by atoms with van der Waals surface area (Å²) in [7, 11) is 1.99. The Balaban J connectivity index is 1.82. The van der Waals surface area contributed by atoms with Gasteiger partial charge in [0, 0.05) is 28.9 Å². The Morgan fingerprint density at radius 1 is 0.946 bits per heavy atom. The Labute approximate surface area is 216 Å². The molecule has 0 aromatic heterocycles. The molecule has 0 aliphatic carbocycles. The number of aromatic nitrogens is 2. The summed E-state index contributed by atoms with van der Waals surface area (Å²) in [6.45, 7) is 12.2. The third kappa shape index (κ3) is 5.21. The molecule has 194 valence electrons. The van der Waals surface area contributed by atoms with Gasteiger partial charge in [-0.15, -0.1) is 4.90 Å². The maximum Gasteiger partial charge on any atom is 0.427 e. The molecular formula is C28H33N5O4. The maximum atomic E-state index is 12.9. The lowest BCUT2D eigenvalue weighted by Gasteiger charge is -2.27. The molecule has 0 atom stereocenters. The van der Waals surface area contributed by atoms with Gasteiger partial charge in [-0.1, -0.05) is 18.2 Å². The SMILES string of the molecule is Cc1c2c3cc(N=C(N)N(C(=O)OC(C)(C)C)C(=O)OC(C)(C)C)ccc3nc-2n(C)c2ccccc12. The molecule has 0 saturated carbocycles. The van der Waals surface area contributed by atoms with Crippen LogP contribution in [0.25, 0.3) is 33.2 Å². The second-order valence-electron chi connectivity index (χ2n) is 11.0. The Morgan fingerprint density at radius 3 is 2.14 bits per heavy atom. The van der Waals surface area contributed by atoms with Gasteiger partial charge in [-0.2, -0.15) is 0 Å². The smallest absolute Gasteiger partial charge is 0.427 e. The number of nitrogens with two attached hydrogens (primary N) is 1. The number of pyridine rings is 1. The number of benzene rings is 2. The number of imide groups is 1. The van der Waals surface area contributed by atoms with Crippen molar-refractivity contribution in [1.29, 1.82) is 0 Å². The number of aliphatic imine (C=N–C) groups is 1. The number of amides is 2. The Hall–Kier alpha value is -4.14. The number of guanidine groups is 1. The van der Waals surface area contributed by atoms with Crippen molar-refractivity contribution in [3.8, 4) is 11.4 Å². The lowest BCUT2D eigenvalue weighted by atomic mass is 10.00. The molecule has 0 spiro atoms. The van der Waals surface area contributed by atoms with Crippen molar-refractivity contribution < 1.29 is 19.1 Å². The first-order chi connectivity index (χ1) is 17.2. The monoisotopic (exact) mass is 503 g/mol. The molecule has 2 N–H and O–H groups in total. The van der Waals surface area contributed by atoms with Crippen LogP contribution in [0.4, 0.5) is 15.3 Å². The Morgan fingerprint density at radius 2 is 1.54 bits per heavy atom. The molecule has 0 fully saturated rings. The van der Waals surface area contributed by atoms with Crippen molar-refractivity contribution in [1.82, 2.24) is 14.5 Å². The van der Waals surface area contributed by atoms with E-state index in [9.17, 15) is 9.59 Å². The third-order valence-electron chi connectivity index (χ3n) is 5.69. The largest absolute Gasteiger partial charge is 0.443 e. The van der Waals surface area contributed by atoms with Gasteiger partial charge < -0.3 is 19.8 Å². The highest BCUT2D eigenvalue weighted by atomic mass is 16.6. The van der Waals surface area contributed by atoms with Crippen LogP contribution in [-0.2, 0) is 16.5 Å². The minimum atomic E-state index is -0.973. The molecule has 2 aliphatic heterocycles. The maximum absolute atomic E-state index is 12.9. The molecule has 2 amide bonds. The first kappa shape index (κ1) is 25.9. The molecule has 0 bridgehead atoms. The van der Waals surface area contributed by atoms with Crippen LogP contribution in [-0.4, -0.2) is 43.8 Å². The lowest BCUT2D eigenvalue weighted by molar-refractivity contribution is 0.0145. The fraction of sp³-hybridized carbons (Fsp3) is 0.357. The summed E-state index contributed by atoms with van der Waals surface area (Å²) >= 11 is 0. The van der Waals surface area contributed by atoms with E-state index in [1.165, 1.54) is 0 Å². The summed E-state index contributed by atoms with van der Waals surface area (Å²) in [5, 5.41) is 2.02. The van der Waals surface area contributed by atoms with E-state index >= 15 is 0 Å². The normalized spacial score (nSPS) is 12.8. The van der Waals surface area contributed by atoms with E-state index in [0.29, 0.717) is 10.6 Å². The molecule has 0 saturated heterocycles. The molecule has 0 radical (unpaired) electrons. The van der Waals surface area contributed by atoms with Crippen LogP contribution in [0.15, 0.2) is 47.5 Å². The fourth-order valence-corrected chi connectivity index (χ4v) is 4.19. The van der Waals surface area contributed by atoms with Crippen molar-refractivity contribution >= 4 is 45.6 Å². The van der Waals surface area contributed by atoms with E-state index in [2.05, 4.69) is 28.6 Å². The van der Waals surface area contributed by atoms with Crippen LogP contribution in [0.5, 0.6) is 0 Å². The van der Waals surface area contributed by atoms with Gasteiger partial charge in [0.25, 0.3) is 0 Å². The summed E-state index contributed by atoms with van der Waals surface area (Å²) in [6, 6.07) is 13.6. The summed E-state index contributed by atoms with van der Waals surface area (Å²) in [6.07, 6.45) is -1.95. The highest BCUT2D eigenvalue weighted by Crippen LogP contribution is 2.39. The number of carbonyl (C=O) groups excluding carboxylic acids is 2. The number of ether oxygens (including phenoxy) is 2. The molecule has 9 nitrogen and oxygen atoms in total. The number of hydrogen-bond donors (Lipinski definition) is 1. The van der Waals surface area contributed by atoms with Crippen molar-refractivity contribution in [2.24, 2.45) is 17.8 Å². The minimum Gasteiger partial charge on any atom is -0.443 e. The molecule has 37 heavy (non-hydrogen) atoms. The van der Waals surface area contributed by atoms with Crippen molar-refractivity contribution in [2.45, 2.75) is 59.7 Å². The van der Waals surface area contributed by atoms with E-state index in [1.54, 1.807) is 47.6 Å². The summed E-state index contributed by atoms with van der Waals surface area (Å²) in [5.41, 5.74) is 8.94. The highest BCUT2D eigenvalue weighted by molar-refractivity contribution is 6.09. The molecule has 0 unspecified atom stereocenters. The number of aryl methyl sites for hydroxylation is 2. The predicted molar refractivity (Wildman–Crippen MR) is 145 cm³/mol. The van der Waals surface area contributed by atoms with Crippen molar-refractivity contribution in [2.75, 3.05) is 0 Å². The molecule has 2 aliphatic rings. The van der Waals surface area contributed by atoms with E-state index in [4.69, 9.17) is 20.2 Å². The van der Waals surface area contributed by atoms with Gasteiger partial charge in [-0.05, 0) is 78.3 Å². The molecule has 4 rings (SSSR count). The van der Waals surface area contributed by atoms with Crippen LogP contribution in [0.1, 0.15) is 47.1 Å². The number of para-hydroxylation sites is 1. The molecular weight excluding hydrogens is 470 g/mol. The second kappa shape index (κ2) is 9.06. The van der Waals surface area contributed by atoms with Crippen molar-refractivity contribution in [3.63, 3.8) is 0 Å². The van der Waals surface area contributed by atoms with Crippen LogP contribution in [0, 0.1) is 6.92 Å². The van der Waals surface area contributed by atoms with Crippen LogP contribution < -0.4 is 5.73 Å². The average molecular weight is 504 g/mol. The molecule has 2 heterocycles. The van der Waals surface area contributed by atoms with Gasteiger partial charge in [0.1, 0.15) is 17.0 Å². The van der Waals surface area contributed by atoms with Crippen LogP contribution >= 0.6 is 0 Å². The lowest BCUT2D eigenvalue weighted by Crippen LogP contribution is -2.49. The zero-order chi connectivity index (χ0) is 27.3. The van der Waals surface area contributed by atoms with Crippen LogP contribution in [0.2, 0.25) is 0 Å². The molecule has 2 aromatic carbocycles. The summed E-state index contributed by atoms with van der Waals surface area (Å²) in [5.74, 6) is 0.490. The van der Waals surface area contributed by atoms with E-state index < -0.39 is 23.4 Å². The van der Waals surface area contributed by atoms with Gasteiger partial charge in [-0.25, -0.2) is 19.6 Å². The summed E-state index contributed by atoms with van der Waals surface area (Å²) in [4.78, 5) is 35.7. The van der Waals surface area contributed by atoms with Crippen LogP contribution in [0.3, 0.4) is 0 Å². The molecule has 9 heteroatoms.